The van der Waals surface area contributed by atoms with Crippen molar-refractivity contribution >= 4 is 29.1 Å². The van der Waals surface area contributed by atoms with Crippen molar-refractivity contribution in [3.8, 4) is 0 Å². The van der Waals surface area contributed by atoms with Crippen LogP contribution in [0.5, 0.6) is 0 Å². The summed E-state index contributed by atoms with van der Waals surface area (Å²) in [6, 6.07) is 22.4. The third kappa shape index (κ3) is 3.98. The summed E-state index contributed by atoms with van der Waals surface area (Å²) in [6.07, 6.45) is 0.513. The van der Waals surface area contributed by atoms with Gasteiger partial charge in [-0.3, -0.25) is 10.1 Å². The second-order valence-electron chi connectivity index (χ2n) is 7.31. The standard InChI is InChI=1S/C25H22N2O5/c1-2-32-25(29)24(28)23-21-11-7-6-10-18(21)16-22(17-8-4-3-5-9-17)26(23)19-12-14-20(15-13-19)27(30)31/h3-16,23-24,28H,2H2,1H3. The number of nitrogens with zero attached hydrogens (tertiary/aromatic N) is 2. The lowest BCUT2D eigenvalue weighted by molar-refractivity contribution is -0.384. The van der Waals surface area contributed by atoms with Gasteiger partial charge in [-0.15, -0.1) is 0 Å². The topological polar surface area (TPSA) is 92.9 Å². The van der Waals surface area contributed by atoms with E-state index in [4.69, 9.17) is 4.74 Å². The van der Waals surface area contributed by atoms with E-state index < -0.39 is 23.0 Å². The van der Waals surface area contributed by atoms with Crippen molar-refractivity contribution in [2.45, 2.75) is 19.1 Å². The lowest BCUT2D eigenvalue weighted by Crippen LogP contribution is -2.42. The van der Waals surface area contributed by atoms with Gasteiger partial charge in [-0.05, 0) is 41.8 Å². The average molecular weight is 430 g/mol. The number of esters is 1. The number of rotatable bonds is 6. The van der Waals surface area contributed by atoms with Crippen molar-refractivity contribution in [3.05, 3.63) is 106 Å². The largest absolute Gasteiger partial charge is 0.464 e. The fourth-order valence-corrected chi connectivity index (χ4v) is 3.95. The van der Waals surface area contributed by atoms with E-state index in [0.29, 0.717) is 5.69 Å². The molecule has 2 atom stereocenters. The van der Waals surface area contributed by atoms with Crippen molar-refractivity contribution in [2.24, 2.45) is 0 Å². The first-order chi connectivity index (χ1) is 15.5. The molecule has 0 aliphatic carbocycles. The van der Waals surface area contributed by atoms with Crippen molar-refractivity contribution in [1.82, 2.24) is 0 Å². The predicted molar refractivity (Wildman–Crippen MR) is 122 cm³/mol. The number of nitro benzene ring substituents is 1. The van der Waals surface area contributed by atoms with E-state index in [9.17, 15) is 20.0 Å². The van der Waals surface area contributed by atoms with Crippen molar-refractivity contribution in [3.63, 3.8) is 0 Å². The number of nitro groups is 1. The summed E-state index contributed by atoms with van der Waals surface area (Å²) in [4.78, 5) is 25.1. The summed E-state index contributed by atoms with van der Waals surface area (Å²) in [5.41, 5.74) is 3.82. The summed E-state index contributed by atoms with van der Waals surface area (Å²) < 4.78 is 5.12. The molecule has 7 nitrogen and oxygen atoms in total. The molecule has 1 aliphatic heterocycles. The summed E-state index contributed by atoms with van der Waals surface area (Å²) in [6.45, 7) is 1.83. The molecule has 0 saturated heterocycles. The normalized spacial score (nSPS) is 16.0. The van der Waals surface area contributed by atoms with Gasteiger partial charge >= 0.3 is 5.97 Å². The summed E-state index contributed by atoms with van der Waals surface area (Å²) in [7, 11) is 0. The molecule has 1 N–H and O–H groups in total. The lowest BCUT2D eigenvalue weighted by Gasteiger charge is -2.41. The van der Waals surface area contributed by atoms with Gasteiger partial charge in [0, 0.05) is 23.5 Å². The molecule has 0 bridgehead atoms. The highest BCUT2D eigenvalue weighted by Crippen LogP contribution is 2.43. The SMILES string of the molecule is CCOC(=O)C(O)C1c2ccccc2C=C(c2ccccc2)N1c1ccc([N+](=O)[O-])cc1. The first kappa shape index (κ1) is 21.3. The zero-order chi connectivity index (χ0) is 22.7. The van der Waals surface area contributed by atoms with Gasteiger partial charge in [-0.1, -0.05) is 54.6 Å². The molecule has 2 unspecified atom stereocenters. The number of aliphatic hydroxyl groups is 1. The van der Waals surface area contributed by atoms with Gasteiger partial charge in [0.1, 0.15) is 0 Å². The Morgan fingerprint density at radius 3 is 2.38 bits per heavy atom. The van der Waals surface area contributed by atoms with Crippen LogP contribution in [0.3, 0.4) is 0 Å². The molecular formula is C25H22N2O5. The summed E-state index contributed by atoms with van der Waals surface area (Å²) >= 11 is 0. The van der Waals surface area contributed by atoms with Crippen molar-refractivity contribution in [2.75, 3.05) is 11.5 Å². The van der Waals surface area contributed by atoms with E-state index in [0.717, 1.165) is 22.4 Å². The molecule has 3 aromatic carbocycles. The minimum atomic E-state index is -1.47. The molecule has 3 aromatic rings. The molecule has 0 fully saturated rings. The van der Waals surface area contributed by atoms with E-state index in [1.165, 1.54) is 12.1 Å². The first-order valence-electron chi connectivity index (χ1n) is 10.3. The Bertz CT molecular complexity index is 1160. The number of hydrogen-bond acceptors (Lipinski definition) is 6. The number of ether oxygens (including phenoxy) is 1. The fourth-order valence-electron chi connectivity index (χ4n) is 3.95. The smallest absolute Gasteiger partial charge is 0.337 e. The van der Waals surface area contributed by atoms with Gasteiger partial charge < -0.3 is 14.7 Å². The van der Waals surface area contributed by atoms with Crippen LogP contribution in [0.25, 0.3) is 11.8 Å². The molecule has 0 radical (unpaired) electrons. The second kappa shape index (κ2) is 9.03. The lowest BCUT2D eigenvalue weighted by atomic mass is 9.88. The summed E-state index contributed by atoms with van der Waals surface area (Å²) in [5.74, 6) is -0.728. The number of carbonyl (C=O) groups excluding carboxylic acids is 1. The van der Waals surface area contributed by atoms with E-state index in [2.05, 4.69) is 0 Å². The van der Waals surface area contributed by atoms with E-state index >= 15 is 0 Å². The Kier molecular flexibility index (Phi) is 6.00. The van der Waals surface area contributed by atoms with Gasteiger partial charge in [0.25, 0.3) is 5.69 Å². The highest BCUT2D eigenvalue weighted by Gasteiger charge is 2.39. The van der Waals surface area contributed by atoms with Crippen LogP contribution in [0.4, 0.5) is 11.4 Å². The highest BCUT2D eigenvalue weighted by atomic mass is 16.6. The maximum atomic E-state index is 12.6. The Morgan fingerprint density at radius 2 is 1.72 bits per heavy atom. The number of benzene rings is 3. The number of non-ortho nitro benzene ring substituents is 1. The van der Waals surface area contributed by atoms with Crippen LogP contribution in [-0.4, -0.2) is 28.7 Å². The number of aliphatic hydroxyl groups excluding tert-OH is 1. The molecular weight excluding hydrogens is 408 g/mol. The van der Waals surface area contributed by atoms with E-state index in [1.54, 1.807) is 19.1 Å². The maximum Gasteiger partial charge on any atom is 0.337 e. The number of fused-ring (bicyclic) bond motifs is 1. The Labute approximate surface area is 185 Å². The molecule has 32 heavy (non-hydrogen) atoms. The monoisotopic (exact) mass is 430 g/mol. The molecule has 162 valence electrons. The van der Waals surface area contributed by atoms with Crippen LogP contribution in [0.2, 0.25) is 0 Å². The Hall–Kier alpha value is -3.97. The molecule has 1 aliphatic rings. The van der Waals surface area contributed by atoms with Crippen LogP contribution < -0.4 is 4.90 Å². The molecule has 1 heterocycles. The van der Waals surface area contributed by atoms with Gasteiger partial charge in [0.15, 0.2) is 6.10 Å². The third-order valence-electron chi connectivity index (χ3n) is 5.38. The number of hydrogen-bond donors (Lipinski definition) is 1. The van der Waals surface area contributed by atoms with E-state index in [-0.39, 0.29) is 12.3 Å². The van der Waals surface area contributed by atoms with Crippen LogP contribution in [0.1, 0.15) is 29.7 Å². The molecule has 0 aromatic heterocycles. The van der Waals surface area contributed by atoms with Crippen molar-refractivity contribution in [1.29, 1.82) is 0 Å². The van der Waals surface area contributed by atoms with Crippen LogP contribution in [-0.2, 0) is 9.53 Å². The van der Waals surface area contributed by atoms with Gasteiger partial charge in [-0.2, -0.15) is 0 Å². The van der Waals surface area contributed by atoms with Gasteiger partial charge in [0.05, 0.1) is 17.6 Å². The van der Waals surface area contributed by atoms with Gasteiger partial charge in [-0.25, -0.2) is 4.79 Å². The Balaban J connectivity index is 1.92. The van der Waals surface area contributed by atoms with E-state index in [1.807, 2.05) is 65.6 Å². The molecule has 0 amide bonds. The highest BCUT2D eigenvalue weighted by molar-refractivity contribution is 5.95. The second-order valence-corrected chi connectivity index (χ2v) is 7.31. The Morgan fingerprint density at radius 1 is 1.06 bits per heavy atom. The van der Waals surface area contributed by atoms with Crippen molar-refractivity contribution < 1.29 is 19.6 Å². The number of anilines is 1. The molecule has 4 rings (SSSR count). The average Bonchev–Trinajstić information content (AvgIpc) is 2.83. The van der Waals surface area contributed by atoms with Gasteiger partial charge in [0.2, 0.25) is 0 Å². The molecule has 7 heteroatoms. The minimum absolute atomic E-state index is 0.0427. The zero-order valence-corrected chi connectivity index (χ0v) is 17.4. The molecule has 0 spiro atoms. The maximum absolute atomic E-state index is 12.6. The third-order valence-corrected chi connectivity index (χ3v) is 5.38. The molecule has 0 saturated carbocycles. The van der Waals surface area contributed by atoms with Crippen LogP contribution in [0, 0.1) is 10.1 Å². The number of carbonyl (C=O) groups is 1. The predicted octanol–water partition coefficient (Wildman–Crippen LogP) is 4.58. The minimum Gasteiger partial charge on any atom is -0.464 e. The fraction of sp³-hybridized carbons (Fsp3) is 0.160. The van der Waals surface area contributed by atoms with Crippen LogP contribution in [0.15, 0.2) is 78.9 Å². The van der Waals surface area contributed by atoms with Crippen LogP contribution >= 0.6 is 0 Å². The first-order valence-corrected chi connectivity index (χ1v) is 10.3. The quantitative estimate of drug-likeness (QED) is 0.350. The zero-order valence-electron chi connectivity index (χ0n) is 17.4. The summed E-state index contributed by atoms with van der Waals surface area (Å²) in [5, 5.41) is 22.3.